The number of rotatable bonds is 5. The first-order valence-corrected chi connectivity index (χ1v) is 6.09. The lowest BCUT2D eigenvalue weighted by atomic mass is 10.1. The number of methoxy groups -OCH3 is 1. The van der Waals surface area contributed by atoms with E-state index in [1.807, 2.05) is 0 Å². The third kappa shape index (κ3) is 3.42. The van der Waals surface area contributed by atoms with Gasteiger partial charge >= 0.3 is 5.97 Å². The molecule has 0 saturated carbocycles. The second-order valence-corrected chi connectivity index (χ2v) is 4.32. The second kappa shape index (κ2) is 6.13. The van der Waals surface area contributed by atoms with Crippen LogP contribution in [0.25, 0.3) is 0 Å². The molecular weight excluding hydrogens is 277 g/mol. The van der Waals surface area contributed by atoms with E-state index in [1.54, 1.807) is 6.07 Å². The quantitative estimate of drug-likeness (QED) is 0.828. The van der Waals surface area contributed by atoms with Gasteiger partial charge in [0.1, 0.15) is 17.9 Å². The highest BCUT2D eigenvalue weighted by Gasteiger charge is 2.12. The lowest BCUT2D eigenvalue weighted by Crippen LogP contribution is -2.04. The number of hydrogen-bond acceptors (Lipinski definition) is 4. The summed E-state index contributed by atoms with van der Waals surface area (Å²) in [6, 6.07) is 8.71. The van der Waals surface area contributed by atoms with Crippen molar-refractivity contribution in [3.8, 4) is 11.5 Å². The van der Waals surface area contributed by atoms with Crippen molar-refractivity contribution in [1.82, 2.24) is 0 Å². The molecule has 0 bridgehead atoms. The number of aromatic carboxylic acids is 1. The third-order valence-corrected chi connectivity index (χ3v) is 2.84. The Bertz CT molecular complexity index is 673. The standard InChI is InChI=1S/C15H14FNO4/c1-20-14-4-2-9(6-12(14)16)8-21-13-5-3-10(17)7-11(13)15(18)19/h2-7H,8,17H2,1H3,(H,18,19). The van der Waals surface area contributed by atoms with Gasteiger partial charge in [-0.2, -0.15) is 0 Å². The number of benzene rings is 2. The highest BCUT2D eigenvalue weighted by Crippen LogP contribution is 2.23. The first-order valence-electron chi connectivity index (χ1n) is 6.09. The Labute approximate surface area is 120 Å². The molecule has 0 heterocycles. The first kappa shape index (κ1) is 14.6. The zero-order valence-electron chi connectivity index (χ0n) is 11.3. The van der Waals surface area contributed by atoms with Crippen LogP contribution in [0.15, 0.2) is 36.4 Å². The number of anilines is 1. The summed E-state index contributed by atoms with van der Waals surface area (Å²) in [6.07, 6.45) is 0. The summed E-state index contributed by atoms with van der Waals surface area (Å²) in [4.78, 5) is 11.1. The molecule has 0 aromatic heterocycles. The predicted octanol–water partition coefficient (Wildman–Crippen LogP) is 2.69. The van der Waals surface area contributed by atoms with Crippen LogP contribution < -0.4 is 15.2 Å². The molecule has 0 aliphatic carbocycles. The van der Waals surface area contributed by atoms with E-state index in [4.69, 9.17) is 20.3 Å². The molecule has 6 heteroatoms. The van der Waals surface area contributed by atoms with E-state index < -0.39 is 11.8 Å². The van der Waals surface area contributed by atoms with Crippen molar-refractivity contribution >= 4 is 11.7 Å². The molecule has 0 aliphatic rings. The predicted molar refractivity (Wildman–Crippen MR) is 75.1 cm³/mol. The van der Waals surface area contributed by atoms with Crippen LogP contribution >= 0.6 is 0 Å². The molecule has 3 N–H and O–H groups in total. The van der Waals surface area contributed by atoms with Crippen LogP contribution in [0.4, 0.5) is 10.1 Å². The average Bonchev–Trinajstić information content (AvgIpc) is 2.46. The fraction of sp³-hybridized carbons (Fsp3) is 0.133. The van der Waals surface area contributed by atoms with Gasteiger partial charge in [0.15, 0.2) is 11.6 Å². The molecule has 2 rings (SSSR count). The van der Waals surface area contributed by atoms with Crippen molar-refractivity contribution in [1.29, 1.82) is 0 Å². The lowest BCUT2D eigenvalue weighted by Gasteiger charge is -2.10. The Morgan fingerprint density at radius 2 is 1.95 bits per heavy atom. The van der Waals surface area contributed by atoms with Crippen LogP contribution in [0.2, 0.25) is 0 Å². The van der Waals surface area contributed by atoms with Gasteiger partial charge in [0.2, 0.25) is 0 Å². The van der Waals surface area contributed by atoms with Gasteiger partial charge in [0.25, 0.3) is 0 Å². The number of carboxylic acid groups (broad SMARTS) is 1. The zero-order chi connectivity index (χ0) is 15.4. The number of halogens is 1. The van der Waals surface area contributed by atoms with Crippen LogP contribution in [0.5, 0.6) is 11.5 Å². The van der Waals surface area contributed by atoms with E-state index in [1.165, 1.54) is 37.4 Å². The Morgan fingerprint density at radius 3 is 2.57 bits per heavy atom. The lowest BCUT2D eigenvalue weighted by molar-refractivity contribution is 0.0692. The topological polar surface area (TPSA) is 81.8 Å². The van der Waals surface area contributed by atoms with Crippen LogP contribution in [0, 0.1) is 5.82 Å². The minimum Gasteiger partial charge on any atom is -0.494 e. The fourth-order valence-corrected chi connectivity index (χ4v) is 1.80. The number of nitrogen functional groups attached to an aromatic ring is 1. The molecule has 0 unspecified atom stereocenters. The Balaban J connectivity index is 2.16. The highest BCUT2D eigenvalue weighted by molar-refractivity contribution is 5.92. The van der Waals surface area contributed by atoms with Crippen molar-refractivity contribution in [3.63, 3.8) is 0 Å². The molecule has 0 aliphatic heterocycles. The maximum atomic E-state index is 13.5. The van der Waals surface area contributed by atoms with E-state index in [2.05, 4.69) is 0 Å². The van der Waals surface area contributed by atoms with Crippen molar-refractivity contribution in [2.75, 3.05) is 12.8 Å². The largest absolute Gasteiger partial charge is 0.494 e. The third-order valence-electron chi connectivity index (χ3n) is 2.84. The summed E-state index contributed by atoms with van der Waals surface area (Å²) >= 11 is 0. The van der Waals surface area contributed by atoms with Crippen LogP contribution in [0.3, 0.4) is 0 Å². The zero-order valence-corrected chi connectivity index (χ0v) is 11.3. The van der Waals surface area contributed by atoms with Crippen LogP contribution in [-0.4, -0.2) is 18.2 Å². The van der Waals surface area contributed by atoms with Gasteiger partial charge in [-0.1, -0.05) is 6.07 Å². The Kier molecular flexibility index (Phi) is 4.27. The summed E-state index contributed by atoms with van der Waals surface area (Å²) in [7, 11) is 1.38. The van der Waals surface area contributed by atoms with Crippen LogP contribution in [-0.2, 0) is 6.61 Å². The van der Waals surface area contributed by atoms with E-state index in [9.17, 15) is 9.18 Å². The van der Waals surface area contributed by atoms with Gasteiger partial charge in [0, 0.05) is 5.69 Å². The minimum atomic E-state index is -1.14. The van der Waals surface area contributed by atoms with Crippen molar-refractivity contribution in [2.45, 2.75) is 6.61 Å². The van der Waals surface area contributed by atoms with E-state index in [-0.39, 0.29) is 23.7 Å². The van der Waals surface area contributed by atoms with Crippen LogP contribution in [0.1, 0.15) is 15.9 Å². The van der Waals surface area contributed by atoms with Gasteiger partial charge in [-0.25, -0.2) is 9.18 Å². The van der Waals surface area contributed by atoms with Gasteiger partial charge in [-0.05, 0) is 35.9 Å². The summed E-state index contributed by atoms with van der Waals surface area (Å²) in [6.45, 7) is 0.0328. The number of nitrogens with two attached hydrogens (primary N) is 1. The second-order valence-electron chi connectivity index (χ2n) is 4.32. The smallest absolute Gasteiger partial charge is 0.339 e. The normalized spacial score (nSPS) is 10.2. The SMILES string of the molecule is COc1ccc(COc2ccc(N)cc2C(=O)O)cc1F. The van der Waals surface area contributed by atoms with Gasteiger partial charge < -0.3 is 20.3 Å². The van der Waals surface area contributed by atoms with Crippen molar-refractivity contribution < 1.29 is 23.8 Å². The Morgan fingerprint density at radius 1 is 1.24 bits per heavy atom. The molecule has 0 fully saturated rings. The molecule has 0 saturated heterocycles. The minimum absolute atomic E-state index is 0.0328. The van der Waals surface area contributed by atoms with E-state index in [0.29, 0.717) is 11.3 Å². The molecule has 0 amide bonds. The average molecular weight is 291 g/mol. The number of carboxylic acids is 1. The van der Waals surface area contributed by atoms with E-state index in [0.717, 1.165) is 0 Å². The molecule has 2 aromatic rings. The maximum Gasteiger partial charge on any atom is 0.339 e. The maximum absolute atomic E-state index is 13.5. The monoisotopic (exact) mass is 291 g/mol. The van der Waals surface area contributed by atoms with Gasteiger partial charge in [-0.3, -0.25) is 0 Å². The highest BCUT2D eigenvalue weighted by atomic mass is 19.1. The molecule has 5 nitrogen and oxygen atoms in total. The summed E-state index contributed by atoms with van der Waals surface area (Å²) in [5.41, 5.74) is 6.39. The number of carbonyl (C=O) groups is 1. The van der Waals surface area contributed by atoms with Gasteiger partial charge in [0.05, 0.1) is 7.11 Å². The van der Waals surface area contributed by atoms with Crippen molar-refractivity contribution in [2.24, 2.45) is 0 Å². The van der Waals surface area contributed by atoms with Gasteiger partial charge in [-0.15, -0.1) is 0 Å². The Hall–Kier alpha value is -2.76. The number of ether oxygens (including phenoxy) is 2. The molecular formula is C15H14FNO4. The molecule has 2 aromatic carbocycles. The summed E-state index contributed by atoms with van der Waals surface area (Å²) < 4.78 is 23.8. The molecule has 0 atom stereocenters. The molecule has 0 spiro atoms. The molecule has 0 radical (unpaired) electrons. The van der Waals surface area contributed by atoms with E-state index >= 15 is 0 Å². The number of hydrogen-bond donors (Lipinski definition) is 2. The summed E-state index contributed by atoms with van der Waals surface area (Å²) in [5.74, 6) is -1.34. The summed E-state index contributed by atoms with van der Waals surface area (Å²) in [5, 5.41) is 9.09. The fourth-order valence-electron chi connectivity index (χ4n) is 1.80. The molecule has 21 heavy (non-hydrogen) atoms. The van der Waals surface area contributed by atoms with Crippen molar-refractivity contribution in [3.05, 3.63) is 53.3 Å². The molecule has 110 valence electrons. The first-order chi connectivity index (χ1) is 10.0.